The van der Waals surface area contributed by atoms with Gasteiger partial charge in [0, 0.05) is 29.9 Å². The van der Waals surface area contributed by atoms with Crippen molar-refractivity contribution in [2.24, 2.45) is 5.92 Å². The number of rotatable bonds is 7. The van der Waals surface area contributed by atoms with E-state index in [0.717, 1.165) is 6.42 Å². The summed E-state index contributed by atoms with van der Waals surface area (Å²) in [6, 6.07) is 3.64. The first-order chi connectivity index (χ1) is 17.3. The first-order valence-corrected chi connectivity index (χ1v) is 12.2. The van der Waals surface area contributed by atoms with Gasteiger partial charge < -0.3 is 25.3 Å². The van der Waals surface area contributed by atoms with Crippen molar-refractivity contribution >= 4 is 34.4 Å². The van der Waals surface area contributed by atoms with Gasteiger partial charge in [-0.2, -0.15) is 0 Å². The van der Waals surface area contributed by atoms with Gasteiger partial charge in [-0.3, -0.25) is 19.2 Å². The maximum atomic E-state index is 14.2. The number of ether oxygens (including phenoxy) is 1. The van der Waals surface area contributed by atoms with E-state index in [9.17, 15) is 28.0 Å². The number of fused-ring (bicyclic) bond motifs is 1. The summed E-state index contributed by atoms with van der Waals surface area (Å²) in [5, 5.41) is 5.56. The second-order valence-electron chi connectivity index (χ2n) is 9.73. The van der Waals surface area contributed by atoms with E-state index in [1.165, 1.54) is 23.1 Å². The number of hydrogen-bond acceptors (Lipinski definition) is 5. The Morgan fingerprint density at radius 1 is 1.28 bits per heavy atom. The van der Waals surface area contributed by atoms with E-state index >= 15 is 0 Å². The van der Waals surface area contributed by atoms with Crippen molar-refractivity contribution in [3.63, 3.8) is 0 Å². The zero-order chi connectivity index (χ0) is 25.4. The van der Waals surface area contributed by atoms with Crippen molar-refractivity contribution in [3.8, 4) is 0 Å². The number of nitrogens with zero attached hydrogens (tertiary/aromatic N) is 1. The average Bonchev–Trinajstić information content (AvgIpc) is 3.48. The Hall–Kier alpha value is -3.34. The number of hydrogen-bond donors (Lipinski definition) is 3. The zero-order valence-electron chi connectivity index (χ0n) is 19.6. The summed E-state index contributed by atoms with van der Waals surface area (Å²) in [4.78, 5) is 55.9. The van der Waals surface area contributed by atoms with Crippen LogP contribution in [0, 0.1) is 11.7 Å². The van der Waals surface area contributed by atoms with E-state index < -0.39 is 53.7 Å². The molecule has 1 aromatic heterocycles. The Balaban J connectivity index is 1.42. The third kappa shape index (κ3) is 4.25. The predicted molar refractivity (Wildman–Crippen MR) is 124 cm³/mol. The van der Waals surface area contributed by atoms with Crippen LogP contribution in [0.5, 0.6) is 0 Å². The van der Waals surface area contributed by atoms with Crippen LogP contribution in [0.3, 0.4) is 0 Å². The first kappa shape index (κ1) is 24.4. The van der Waals surface area contributed by atoms with Crippen molar-refractivity contribution in [3.05, 3.63) is 35.8 Å². The minimum atomic E-state index is -1.28. The summed E-state index contributed by atoms with van der Waals surface area (Å²) in [5.74, 6) is -3.17. The van der Waals surface area contributed by atoms with Gasteiger partial charge in [0.2, 0.25) is 11.8 Å². The molecule has 3 N–H and O–H groups in total. The summed E-state index contributed by atoms with van der Waals surface area (Å²) in [6.07, 6.45) is 2.36. The summed E-state index contributed by atoms with van der Waals surface area (Å²) in [7, 11) is 0. The molecule has 2 aliphatic heterocycles. The SMILES string of the molecule is O=C1NCC[C@H]1C[C@H](NC(=O)[C@@H]1N(C(=O)c2cc3c(F)cccc3[nH]2)CCOC12CCC2)C(=O)CF. The highest BCUT2D eigenvalue weighted by Crippen LogP contribution is 2.43. The number of alkyl halides is 1. The van der Waals surface area contributed by atoms with Crippen molar-refractivity contribution in [1.82, 2.24) is 20.5 Å². The molecule has 2 saturated heterocycles. The fourth-order valence-electron chi connectivity index (χ4n) is 5.54. The Morgan fingerprint density at radius 3 is 2.72 bits per heavy atom. The molecule has 3 aliphatic rings. The third-order valence-electron chi connectivity index (χ3n) is 7.60. The van der Waals surface area contributed by atoms with Gasteiger partial charge in [0.25, 0.3) is 5.91 Å². The van der Waals surface area contributed by atoms with Crippen LogP contribution in [0.15, 0.2) is 24.3 Å². The summed E-state index contributed by atoms with van der Waals surface area (Å²) in [6.45, 7) is -0.488. The van der Waals surface area contributed by atoms with Gasteiger partial charge in [-0.05, 0) is 50.3 Å². The average molecular weight is 503 g/mol. The van der Waals surface area contributed by atoms with Crippen LogP contribution in [-0.4, -0.2) is 77.4 Å². The van der Waals surface area contributed by atoms with Crippen LogP contribution in [0.25, 0.3) is 10.9 Å². The van der Waals surface area contributed by atoms with Gasteiger partial charge in [-0.1, -0.05) is 6.07 Å². The Labute approximate surface area is 205 Å². The highest BCUT2D eigenvalue weighted by atomic mass is 19.1. The molecule has 1 aromatic carbocycles. The molecule has 0 unspecified atom stereocenters. The predicted octanol–water partition coefficient (Wildman–Crippen LogP) is 1.62. The maximum Gasteiger partial charge on any atom is 0.271 e. The highest BCUT2D eigenvalue weighted by molar-refractivity contribution is 6.01. The number of benzene rings is 1. The number of morpholine rings is 1. The number of carbonyl (C=O) groups is 4. The van der Waals surface area contributed by atoms with Gasteiger partial charge in [0.05, 0.1) is 18.2 Å². The minimum Gasteiger partial charge on any atom is -0.370 e. The van der Waals surface area contributed by atoms with Crippen LogP contribution >= 0.6 is 0 Å². The molecule has 36 heavy (non-hydrogen) atoms. The number of Topliss-reactive ketones (excluding diaryl/α,β-unsaturated/α-hetero) is 1. The van der Waals surface area contributed by atoms with Crippen LogP contribution in [0.4, 0.5) is 8.78 Å². The number of halogens is 2. The lowest BCUT2D eigenvalue weighted by Gasteiger charge is -2.53. The molecule has 3 fully saturated rings. The van der Waals surface area contributed by atoms with E-state index in [1.54, 1.807) is 6.07 Å². The molecule has 1 spiro atoms. The number of aromatic amines is 1. The molecule has 0 bridgehead atoms. The smallest absolute Gasteiger partial charge is 0.271 e. The largest absolute Gasteiger partial charge is 0.370 e. The molecule has 3 heterocycles. The van der Waals surface area contributed by atoms with Gasteiger partial charge in [-0.15, -0.1) is 0 Å². The van der Waals surface area contributed by atoms with Gasteiger partial charge in [0.1, 0.15) is 24.2 Å². The van der Waals surface area contributed by atoms with Crippen LogP contribution in [0.1, 0.15) is 42.6 Å². The fourth-order valence-corrected chi connectivity index (χ4v) is 5.54. The standard InChI is InChI=1S/C25H28F2N4O5/c26-13-20(32)18(11-14-5-8-28-22(14)33)30-23(34)21-25(6-2-7-25)36-10-9-31(21)24(35)19-12-15-16(27)3-1-4-17(15)29-19/h1,3-4,12,14,18,21,29H,2,5-11,13H2,(H,28,33)(H,30,34)/t14-,18-,21-/m0/s1. The molecule has 2 aromatic rings. The van der Waals surface area contributed by atoms with Gasteiger partial charge in [-0.25, -0.2) is 8.78 Å². The van der Waals surface area contributed by atoms with E-state index in [4.69, 9.17) is 4.74 Å². The van der Waals surface area contributed by atoms with Crippen molar-refractivity contribution in [2.45, 2.75) is 49.8 Å². The Morgan fingerprint density at radius 2 is 2.08 bits per heavy atom. The van der Waals surface area contributed by atoms with Gasteiger partial charge in [0.15, 0.2) is 5.78 Å². The third-order valence-corrected chi connectivity index (χ3v) is 7.60. The Bertz CT molecular complexity index is 1210. The molecule has 5 rings (SSSR count). The monoisotopic (exact) mass is 502 g/mol. The summed E-state index contributed by atoms with van der Waals surface area (Å²) < 4.78 is 33.6. The molecular formula is C25H28F2N4O5. The number of aromatic nitrogens is 1. The van der Waals surface area contributed by atoms with E-state index in [0.29, 0.717) is 31.3 Å². The van der Waals surface area contributed by atoms with Crippen molar-refractivity contribution < 1.29 is 32.7 Å². The Kier molecular flexibility index (Phi) is 6.50. The first-order valence-electron chi connectivity index (χ1n) is 12.2. The van der Waals surface area contributed by atoms with E-state index in [2.05, 4.69) is 15.6 Å². The van der Waals surface area contributed by atoms with Crippen LogP contribution in [-0.2, 0) is 19.1 Å². The molecule has 3 amide bonds. The van der Waals surface area contributed by atoms with Crippen molar-refractivity contribution in [2.75, 3.05) is 26.4 Å². The molecule has 0 radical (unpaired) electrons. The quantitative estimate of drug-likeness (QED) is 0.532. The number of H-pyrrole nitrogens is 1. The number of carbonyl (C=O) groups excluding carboxylic acids is 4. The lowest BCUT2D eigenvalue weighted by molar-refractivity contribution is -0.184. The molecule has 1 aliphatic carbocycles. The van der Waals surface area contributed by atoms with Gasteiger partial charge >= 0.3 is 0 Å². The molecular weight excluding hydrogens is 474 g/mol. The van der Waals surface area contributed by atoms with Crippen LogP contribution in [0.2, 0.25) is 0 Å². The number of ketones is 1. The topological polar surface area (TPSA) is 121 Å². The lowest BCUT2D eigenvalue weighted by atomic mass is 9.72. The fraction of sp³-hybridized carbons (Fsp3) is 0.520. The molecule has 1 saturated carbocycles. The summed E-state index contributed by atoms with van der Waals surface area (Å²) >= 11 is 0. The molecule has 192 valence electrons. The zero-order valence-corrected chi connectivity index (χ0v) is 19.6. The maximum absolute atomic E-state index is 14.2. The second-order valence-corrected chi connectivity index (χ2v) is 9.73. The number of amides is 3. The normalized spacial score (nSPS) is 23.8. The van der Waals surface area contributed by atoms with Crippen molar-refractivity contribution in [1.29, 1.82) is 0 Å². The lowest BCUT2D eigenvalue weighted by Crippen LogP contribution is -2.69. The minimum absolute atomic E-state index is 0.0177. The highest BCUT2D eigenvalue weighted by Gasteiger charge is 2.55. The molecule has 3 atom stereocenters. The summed E-state index contributed by atoms with van der Waals surface area (Å²) in [5.41, 5.74) is -0.332. The second kappa shape index (κ2) is 9.61. The van der Waals surface area contributed by atoms with E-state index in [-0.39, 0.29) is 36.6 Å². The van der Waals surface area contributed by atoms with E-state index in [1.807, 2.05) is 0 Å². The molecule has 9 nitrogen and oxygen atoms in total. The molecule has 11 heteroatoms. The van der Waals surface area contributed by atoms with Crippen LogP contribution < -0.4 is 10.6 Å². The number of nitrogens with one attached hydrogen (secondary N) is 3.